The number of piperazine rings is 1. The fourth-order valence-corrected chi connectivity index (χ4v) is 4.34. The molecule has 0 radical (unpaired) electrons. The van der Waals surface area contributed by atoms with Crippen molar-refractivity contribution in [1.82, 2.24) is 14.5 Å². The standard InChI is InChI=1S/C16H22ClFN4O4S/c1-20(2)16(24)10-19-15(23)11-21-5-7-22(8-6-21)27(25,26)12-3-4-14(18)13(17)9-12/h3-4,9H,5-8,10-11H2,1-2H3,(H,19,23)/p+1. The molecule has 0 saturated carbocycles. The highest BCUT2D eigenvalue weighted by Crippen LogP contribution is 2.22. The van der Waals surface area contributed by atoms with E-state index in [9.17, 15) is 22.4 Å². The van der Waals surface area contributed by atoms with Crippen LogP contribution in [0.25, 0.3) is 0 Å². The topological polar surface area (TPSA) is 91.2 Å². The van der Waals surface area contributed by atoms with Crippen molar-refractivity contribution in [2.75, 3.05) is 53.4 Å². The van der Waals surface area contributed by atoms with Crippen LogP contribution in [0.15, 0.2) is 23.1 Å². The van der Waals surface area contributed by atoms with Crippen LogP contribution in [0.2, 0.25) is 5.02 Å². The lowest BCUT2D eigenvalue weighted by Gasteiger charge is -2.31. The van der Waals surface area contributed by atoms with E-state index >= 15 is 0 Å². The molecule has 8 nitrogen and oxygen atoms in total. The van der Waals surface area contributed by atoms with Gasteiger partial charge in [-0.1, -0.05) is 11.6 Å². The van der Waals surface area contributed by atoms with E-state index in [-0.39, 0.29) is 47.9 Å². The van der Waals surface area contributed by atoms with E-state index in [0.717, 1.165) is 17.0 Å². The Kier molecular flexibility index (Phi) is 7.15. The van der Waals surface area contributed by atoms with Gasteiger partial charge in [0.05, 0.1) is 42.6 Å². The van der Waals surface area contributed by atoms with E-state index in [1.54, 1.807) is 14.1 Å². The predicted octanol–water partition coefficient (Wildman–Crippen LogP) is -1.43. The molecule has 1 aliphatic heterocycles. The SMILES string of the molecule is CN(C)C(=O)CNC(=O)C[NH+]1CCN(S(=O)(=O)c2ccc(F)c(Cl)c2)CC1. The average Bonchev–Trinajstić information content (AvgIpc) is 2.62. The first-order valence-electron chi connectivity index (χ1n) is 8.37. The van der Waals surface area contributed by atoms with E-state index < -0.39 is 15.8 Å². The number of amides is 2. The predicted molar refractivity (Wildman–Crippen MR) is 97.4 cm³/mol. The van der Waals surface area contributed by atoms with Crippen molar-refractivity contribution in [2.45, 2.75) is 4.90 Å². The highest BCUT2D eigenvalue weighted by Gasteiger charge is 2.31. The number of sulfonamides is 1. The maximum atomic E-state index is 13.3. The molecule has 0 bridgehead atoms. The molecule has 0 atom stereocenters. The number of hydrogen-bond acceptors (Lipinski definition) is 4. The third-order valence-corrected chi connectivity index (χ3v) is 6.49. The molecule has 0 aromatic heterocycles. The average molecular weight is 422 g/mol. The Bertz CT molecular complexity index is 811. The Balaban J connectivity index is 1.88. The van der Waals surface area contributed by atoms with Gasteiger partial charge < -0.3 is 15.1 Å². The Morgan fingerprint density at radius 1 is 1.30 bits per heavy atom. The molecule has 2 rings (SSSR count). The molecule has 1 aromatic carbocycles. The van der Waals surface area contributed by atoms with E-state index in [4.69, 9.17) is 11.6 Å². The van der Waals surface area contributed by atoms with E-state index in [0.29, 0.717) is 13.1 Å². The molecule has 1 saturated heterocycles. The molecule has 150 valence electrons. The van der Waals surface area contributed by atoms with E-state index in [1.807, 2.05) is 0 Å². The Hall–Kier alpha value is -1.75. The molecule has 11 heteroatoms. The second kappa shape index (κ2) is 8.96. The summed E-state index contributed by atoms with van der Waals surface area (Å²) in [5.74, 6) is -1.14. The summed E-state index contributed by atoms with van der Waals surface area (Å²) in [6, 6.07) is 3.31. The van der Waals surface area contributed by atoms with Crippen LogP contribution in [-0.4, -0.2) is 82.8 Å². The zero-order valence-electron chi connectivity index (χ0n) is 15.2. The minimum Gasteiger partial charge on any atom is -0.347 e. The van der Waals surface area contributed by atoms with Crippen LogP contribution in [0, 0.1) is 5.82 Å². The van der Waals surface area contributed by atoms with Gasteiger partial charge in [-0.25, -0.2) is 12.8 Å². The van der Waals surface area contributed by atoms with Gasteiger partial charge in [0, 0.05) is 14.1 Å². The van der Waals surface area contributed by atoms with Gasteiger partial charge >= 0.3 is 0 Å². The second-order valence-corrected chi connectivity index (χ2v) is 8.82. The lowest BCUT2D eigenvalue weighted by molar-refractivity contribution is -0.895. The number of carbonyl (C=O) groups excluding carboxylic acids is 2. The van der Waals surface area contributed by atoms with Gasteiger partial charge in [0.25, 0.3) is 5.91 Å². The van der Waals surface area contributed by atoms with Crippen molar-refractivity contribution in [3.05, 3.63) is 29.0 Å². The summed E-state index contributed by atoms with van der Waals surface area (Å²) in [6.07, 6.45) is 0. The third kappa shape index (κ3) is 5.61. The minimum absolute atomic E-state index is 0.0581. The van der Waals surface area contributed by atoms with E-state index in [2.05, 4.69) is 5.32 Å². The number of halogens is 2. The number of hydrogen-bond donors (Lipinski definition) is 2. The Morgan fingerprint density at radius 3 is 2.48 bits per heavy atom. The first-order valence-corrected chi connectivity index (χ1v) is 10.2. The van der Waals surface area contributed by atoms with Gasteiger partial charge in [-0.3, -0.25) is 9.59 Å². The first-order chi connectivity index (χ1) is 12.6. The second-order valence-electron chi connectivity index (χ2n) is 6.47. The fourth-order valence-electron chi connectivity index (χ4n) is 2.63. The number of rotatable bonds is 6. The summed E-state index contributed by atoms with van der Waals surface area (Å²) in [6.45, 7) is 1.46. The molecule has 1 heterocycles. The minimum atomic E-state index is -3.77. The first kappa shape index (κ1) is 21.5. The summed E-state index contributed by atoms with van der Waals surface area (Å²) in [4.78, 5) is 25.6. The summed E-state index contributed by atoms with van der Waals surface area (Å²) in [5.41, 5.74) is 0. The summed E-state index contributed by atoms with van der Waals surface area (Å²) in [7, 11) is -0.556. The molecule has 0 spiro atoms. The highest BCUT2D eigenvalue weighted by molar-refractivity contribution is 7.89. The zero-order chi connectivity index (χ0) is 20.2. The van der Waals surface area contributed by atoms with Crippen LogP contribution in [0.3, 0.4) is 0 Å². The van der Waals surface area contributed by atoms with Gasteiger partial charge in [-0.2, -0.15) is 4.31 Å². The van der Waals surface area contributed by atoms with Gasteiger partial charge in [0.15, 0.2) is 6.54 Å². The monoisotopic (exact) mass is 421 g/mol. The number of carbonyl (C=O) groups is 2. The lowest BCUT2D eigenvalue weighted by atomic mass is 10.3. The lowest BCUT2D eigenvalue weighted by Crippen LogP contribution is -3.15. The fraction of sp³-hybridized carbons (Fsp3) is 0.500. The van der Waals surface area contributed by atoms with E-state index in [1.165, 1.54) is 15.3 Å². The molecular weight excluding hydrogens is 399 g/mol. The highest BCUT2D eigenvalue weighted by atomic mass is 35.5. The quantitative estimate of drug-likeness (QED) is 0.589. The maximum absolute atomic E-state index is 13.3. The van der Waals surface area contributed by atoms with Crippen molar-refractivity contribution < 1.29 is 27.3 Å². The largest absolute Gasteiger partial charge is 0.347 e. The normalized spacial score (nSPS) is 16.1. The van der Waals surface area contributed by atoms with Crippen LogP contribution in [0.4, 0.5) is 4.39 Å². The van der Waals surface area contributed by atoms with Crippen LogP contribution in [0.5, 0.6) is 0 Å². The number of likely N-dealkylation sites (N-methyl/N-ethyl adjacent to an activating group) is 1. The molecule has 2 amide bonds. The van der Waals surface area contributed by atoms with Gasteiger partial charge in [0.1, 0.15) is 5.82 Å². The third-order valence-electron chi connectivity index (χ3n) is 4.30. The molecule has 0 unspecified atom stereocenters. The summed E-state index contributed by atoms with van der Waals surface area (Å²) in [5, 5.41) is 2.31. The number of quaternary nitrogens is 1. The summed E-state index contributed by atoms with van der Waals surface area (Å²) < 4.78 is 39.8. The van der Waals surface area contributed by atoms with Gasteiger partial charge in [-0.15, -0.1) is 0 Å². The Morgan fingerprint density at radius 2 is 1.93 bits per heavy atom. The summed E-state index contributed by atoms with van der Waals surface area (Å²) >= 11 is 5.68. The van der Waals surface area contributed by atoms with Crippen LogP contribution >= 0.6 is 11.6 Å². The Labute approximate surface area is 162 Å². The van der Waals surface area contributed by atoms with Crippen molar-refractivity contribution in [3.63, 3.8) is 0 Å². The molecule has 27 heavy (non-hydrogen) atoms. The van der Waals surface area contributed by atoms with Gasteiger partial charge in [-0.05, 0) is 18.2 Å². The van der Waals surface area contributed by atoms with Crippen molar-refractivity contribution >= 4 is 33.4 Å². The maximum Gasteiger partial charge on any atom is 0.275 e. The van der Waals surface area contributed by atoms with Crippen LogP contribution in [-0.2, 0) is 19.6 Å². The molecule has 2 N–H and O–H groups in total. The van der Waals surface area contributed by atoms with Crippen molar-refractivity contribution in [1.29, 1.82) is 0 Å². The molecule has 1 fully saturated rings. The van der Waals surface area contributed by atoms with Gasteiger partial charge in [0.2, 0.25) is 15.9 Å². The molecule has 1 aliphatic rings. The number of nitrogens with one attached hydrogen (secondary N) is 2. The molecule has 0 aliphatic carbocycles. The van der Waals surface area contributed by atoms with Crippen LogP contribution < -0.4 is 10.2 Å². The smallest absolute Gasteiger partial charge is 0.275 e. The molecular formula is C16H23ClFN4O4S+. The van der Waals surface area contributed by atoms with Crippen molar-refractivity contribution in [2.24, 2.45) is 0 Å². The van der Waals surface area contributed by atoms with Crippen LogP contribution in [0.1, 0.15) is 0 Å². The molecule has 1 aromatic rings. The van der Waals surface area contributed by atoms with Crippen molar-refractivity contribution in [3.8, 4) is 0 Å². The number of benzene rings is 1. The number of nitrogens with zero attached hydrogens (tertiary/aromatic N) is 2. The zero-order valence-corrected chi connectivity index (χ0v) is 16.7.